The molecule has 86 valence electrons. The molecule has 2 rings (SSSR count). The predicted octanol–water partition coefficient (Wildman–Crippen LogP) is 1.54. The summed E-state index contributed by atoms with van der Waals surface area (Å²) in [6, 6.07) is 0. The van der Waals surface area contributed by atoms with Crippen LogP contribution < -0.4 is 5.73 Å². The van der Waals surface area contributed by atoms with Crippen LogP contribution in [0.15, 0.2) is 6.20 Å². The van der Waals surface area contributed by atoms with Crippen molar-refractivity contribution < 1.29 is 13.2 Å². The monoisotopic (exact) mass is 249 g/mol. The summed E-state index contributed by atoms with van der Waals surface area (Å²) in [6.45, 7) is 0. The number of nitrogens with zero attached hydrogens (tertiary/aromatic N) is 4. The number of aryl methyl sites for hydroxylation is 1. The second-order valence-corrected chi connectivity index (χ2v) is 4.02. The Bertz CT molecular complexity index is 514. The summed E-state index contributed by atoms with van der Waals surface area (Å²) in [4.78, 5) is 0. The number of hydrogen-bond acceptors (Lipinski definition) is 5. The van der Waals surface area contributed by atoms with E-state index in [0.717, 1.165) is 16.0 Å². The fourth-order valence-electron chi connectivity index (χ4n) is 1.20. The molecule has 0 aliphatic heterocycles. The Morgan fingerprint density at radius 2 is 2.06 bits per heavy atom. The standard InChI is InChI=1S/C7H6F3N5S/c1-15-2-3(4(14-15)7(8,9)10)5-12-13-6(11)16-5/h2H,1H3,(H2,11,13). The summed E-state index contributed by atoms with van der Waals surface area (Å²) >= 11 is 0.887. The van der Waals surface area contributed by atoms with Gasteiger partial charge in [-0.1, -0.05) is 11.3 Å². The van der Waals surface area contributed by atoms with Crippen molar-refractivity contribution in [3.63, 3.8) is 0 Å². The normalized spacial score (nSPS) is 12.0. The van der Waals surface area contributed by atoms with Gasteiger partial charge in [0, 0.05) is 13.2 Å². The highest BCUT2D eigenvalue weighted by Gasteiger charge is 2.38. The van der Waals surface area contributed by atoms with Gasteiger partial charge >= 0.3 is 6.18 Å². The molecule has 2 N–H and O–H groups in total. The summed E-state index contributed by atoms with van der Waals surface area (Å²) in [5.41, 5.74) is 4.23. The van der Waals surface area contributed by atoms with E-state index in [4.69, 9.17) is 5.73 Å². The lowest BCUT2D eigenvalue weighted by Gasteiger charge is -2.02. The van der Waals surface area contributed by atoms with Gasteiger partial charge in [0.2, 0.25) is 5.13 Å². The van der Waals surface area contributed by atoms with Crippen LogP contribution in [0.5, 0.6) is 0 Å². The first-order valence-corrected chi connectivity index (χ1v) is 4.90. The van der Waals surface area contributed by atoms with E-state index in [0.29, 0.717) is 0 Å². The van der Waals surface area contributed by atoms with Gasteiger partial charge in [0.1, 0.15) is 0 Å². The number of aromatic nitrogens is 4. The molecule has 0 atom stereocenters. The molecule has 0 aliphatic carbocycles. The van der Waals surface area contributed by atoms with Gasteiger partial charge in [-0.25, -0.2) is 0 Å². The van der Waals surface area contributed by atoms with Crippen LogP contribution in [0.2, 0.25) is 0 Å². The molecule has 0 radical (unpaired) electrons. The smallest absolute Gasteiger partial charge is 0.374 e. The van der Waals surface area contributed by atoms with Crippen molar-refractivity contribution in [1.29, 1.82) is 0 Å². The lowest BCUT2D eigenvalue weighted by molar-refractivity contribution is -0.140. The van der Waals surface area contributed by atoms with Gasteiger partial charge < -0.3 is 5.73 Å². The topological polar surface area (TPSA) is 69.6 Å². The average molecular weight is 249 g/mol. The predicted molar refractivity (Wildman–Crippen MR) is 51.5 cm³/mol. The van der Waals surface area contributed by atoms with E-state index in [2.05, 4.69) is 15.3 Å². The molecule has 2 heterocycles. The number of nitrogens with two attached hydrogens (primary N) is 1. The Morgan fingerprint density at radius 3 is 2.56 bits per heavy atom. The zero-order valence-corrected chi connectivity index (χ0v) is 8.80. The van der Waals surface area contributed by atoms with Crippen LogP contribution in [0, 0.1) is 0 Å². The number of rotatable bonds is 1. The van der Waals surface area contributed by atoms with Crippen molar-refractivity contribution in [2.45, 2.75) is 6.18 Å². The third-order valence-corrected chi connectivity index (χ3v) is 2.55. The SMILES string of the molecule is Cn1cc(-c2nnc(N)s2)c(C(F)(F)F)n1. The fourth-order valence-corrected chi connectivity index (χ4v) is 1.82. The Hall–Kier alpha value is -1.64. The molecule has 0 bridgehead atoms. The summed E-state index contributed by atoms with van der Waals surface area (Å²) in [5.74, 6) is 0. The first kappa shape index (κ1) is 10.9. The van der Waals surface area contributed by atoms with Gasteiger partial charge in [0.15, 0.2) is 10.7 Å². The molecule has 16 heavy (non-hydrogen) atoms. The van der Waals surface area contributed by atoms with E-state index in [-0.39, 0.29) is 15.7 Å². The second-order valence-electron chi connectivity index (χ2n) is 3.01. The van der Waals surface area contributed by atoms with Gasteiger partial charge in [0.25, 0.3) is 0 Å². The maximum absolute atomic E-state index is 12.6. The zero-order valence-electron chi connectivity index (χ0n) is 7.99. The van der Waals surface area contributed by atoms with Crippen LogP contribution in [-0.2, 0) is 13.2 Å². The number of anilines is 1. The lowest BCUT2D eigenvalue weighted by atomic mass is 10.2. The van der Waals surface area contributed by atoms with Gasteiger partial charge in [-0.05, 0) is 0 Å². The maximum Gasteiger partial charge on any atom is 0.435 e. The van der Waals surface area contributed by atoms with Crippen LogP contribution >= 0.6 is 11.3 Å². The highest BCUT2D eigenvalue weighted by atomic mass is 32.1. The van der Waals surface area contributed by atoms with Crippen molar-refractivity contribution in [1.82, 2.24) is 20.0 Å². The maximum atomic E-state index is 12.6. The van der Waals surface area contributed by atoms with E-state index in [1.807, 2.05) is 0 Å². The molecular formula is C7H6F3N5S. The Balaban J connectivity index is 2.57. The van der Waals surface area contributed by atoms with Crippen LogP contribution in [0.3, 0.4) is 0 Å². The molecular weight excluding hydrogens is 243 g/mol. The van der Waals surface area contributed by atoms with Gasteiger partial charge in [0.05, 0.1) is 5.56 Å². The molecule has 2 aromatic heterocycles. The lowest BCUT2D eigenvalue weighted by Crippen LogP contribution is -2.08. The highest BCUT2D eigenvalue weighted by Crippen LogP contribution is 2.37. The third-order valence-electron chi connectivity index (χ3n) is 1.77. The molecule has 0 spiro atoms. The fraction of sp³-hybridized carbons (Fsp3) is 0.286. The quantitative estimate of drug-likeness (QED) is 0.832. The van der Waals surface area contributed by atoms with Crippen LogP contribution in [0.4, 0.5) is 18.3 Å². The molecule has 0 saturated carbocycles. The molecule has 5 nitrogen and oxygen atoms in total. The van der Waals surface area contributed by atoms with E-state index < -0.39 is 11.9 Å². The number of hydrogen-bond donors (Lipinski definition) is 1. The molecule has 9 heteroatoms. The minimum atomic E-state index is -4.52. The van der Waals surface area contributed by atoms with Crippen LogP contribution in [-0.4, -0.2) is 20.0 Å². The van der Waals surface area contributed by atoms with Gasteiger partial charge in [-0.2, -0.15) is 18.3 Å². The largest absolute Gasteiger partial charge is 0.435 e. The van der Waals surface area contributed by atoms with Crippen molar-refractivity contribution in [3.8, 4) is 10.6 Å². The highest BCUT2D eigenvalue weighted by molar-refractivity contribution is 7.18. The number of alkyl halides is 3. The van der Waals surface area contributed by atoms with E-state index in [9.17, 15) is 13.2 Å². The number of nitrogen functional groups attached to an aromatic ring is 1. The summed E-state index contributed by atoms with van der Waals surface area (Å²) in [5, 5.41) is 10.6. The third kappa shape index (κ3) is 1.85. The Morgan fingerprint density at radius 1 is 1.38 bits per heavy atom. The molecule has 0 aliphatic rings. The van der Waals surface area contributed by atoms with E-state index in [1.54, 1.807) is 0 Å². The van der Waals surface area contributed by atoms with E-state index >= 15 is 0 Å². The van der Waals surface area contributed by atoms with Gasteiger partial charge in [-0.15, -0.1) is 10.2 Å². The molecule has 0 unspecified atom stereocenters. The summed E-state index contributed by atoms with van der Waals surface area (Å²) < 4.78 is 38.9. The first-order valence-electron chi connectivity index (χ1n) is 4.08. The Labute approximate surface area is 91.7 Å². The van der Waals surface area contributed by atoms with Gasteiger partial charge in [-0.3, -0.25) is 4.68 Å². The Kier molecular flexibility index (Phi) is 2.34. The van der Waals surface area contributed by atoms with Crippen molar-refractivity contribution in [2.75, 3.05) is 5.73 Å². The molecule has 0 amide bonds. The average Bonchev–Trinajstić information content (AvgIpc) is 2.70. The molecule has 0 aromatic carbocycles. The summed E-state index contributed by atoms with van der Waals surface area (Å²) in [6.07, 6.45) is -3.28. The minimum absolute atomic E-state index is 0.107. The molecule has 0 fully saturated rings. The molecule has 2 aromatic rings. The van der Waals surface area contributed by atoms with Crippen LogP contribution in [0.25, 0.3) is 10.6 Å². The van der Waals surface area contributed by atoms with E-state index in [1.165, 1.54) is 13.2 Å². The van der Waals surface area contributed by atoms with Crippen molar-refractivity contribution in [2.24, 2.45) is 7.05 Å². The molecule has 0 saturated heterocycles. The minimum Gasteiger partial charge on any atom is -0.374 e. The first-order chi connectivity index (χ1) is 7.38. The van der Waals surface area contributed by atoms with Crippen molar-refractivity contribution in [3.05, 3.63) is 11.9 Å². The van der Waals surface area contributed by atoms with Crippen LogP contribution in [0.1, 0.15) is 5.69 Å². The zero-order chi connectivity index (χ0) is 11.9. The number of halogens is 3. The second kappa shape index (κ2) is 3.44. The summed E-state index contributed by atoms with van der Waals surface area (Å²) in [7, 11) is 1.41. The van der Waals surface area contributed by atoms with Crippen molar-refractivity contribution >= 4 is 16.5 Å².